The van der Waals surface area contributed by atoms with Gasteiger partial charge in [0.25, 0.3) is 0 Å². The maximum absolute atomic E-state index is 13.0. The van der Waals surface area contributed by atoms with Gasteiger partial charge in [0.05, 0.1) is 18.1 Å². The molecule has 0 aromatic heterocycles. The highest BCUT2D eigenvalue weighted by atomic mass is 32.2. The molecule has 0 spiro atoms. The number of methoxy groups -OCH3 is 1. The molecule has 152 valence electrons. The Morgan fingerprint density at radius 3 is 2.71 bits per heavy atom. The molecule has 6 nitrogen and oxygen atoms in total. The van der Waals surface area contributed by atoms with Gasteiger partial charge in [-0.1, -0.05) is 18.6 Å². The minimum Gasteiger partial charge on any atom is -0.496 e. The molecule has 7 heteroatoms. The number of allylic oxidation sites excluding steroid dienone is 2. The second-order valence-corrected chi connectivity index (χ2v) is 9.55. The SMILES string of the molecule is COc1ccc(C(N)=NC2=CCC(S(=O)(=O)N3CCCCC3C)C=C2)cc1C. The highest BCUT2D eigenvalue weighted by molar-refractivity contribution is 7.89. The van der Waals surface area contributed by atoms with Crippen LogP contribution < -0.4 is 10.5 Å². The molecule has 28 heavy (non-hydrogen) atoms. The van der Waals surface area contributed by atoms with Gasteiger partial charge in [-0.15, -0.1) is 0 Å². The van der Waals surface area contributed by atoms with Crippen LogP contribution in [0.4, 0.5) is 0 Å². The van der Waals surface area contributed by atoms with Crippen molar-refractivity contribution in [2.75, 3.05) is 13.7 Å². The van der Waals surface area contributed by atoms with Crippen molar-refractivity contribution in [3.8, 4) is 5.75 Å². The Bertz CT molecular complexity index is 919. The standard InChI is InChI=1S/C21H29N3O3S/c1-15-14-17(7-12-20(15)27-3)21(22)23-18-8-10-19(11-9-18)28(25,26)24-13-5-4-6-16(24)2/h7-10,12,14,16,19H,4-6,11,13H2,1-3H3,(H2,22,23). The van der Waals surface area contributed by atoms with Crippen molar-refractivity contribution in [3.05, 3.63) is 53.3 Å². The lowest BCUT2D eigenvalue weighted by Crippen LogP contribution is -2.46. The quantitative estimate of drug-likeness (QED) is 0.605. The summed E-state index contributed by atoms with van der Waals surface area (Å²) in [7, 11) is -1.71. The summed E-state index contributed by atoms with van der Waals surface area (Å²) < 4.78 is 32.9. The van der Waals surface area contributed by atoms with E-state index in [9.17, 15) is 8.42 Å². The van der Waals surface area contributed by atoms with Gasteiger partial charge in [-0.3, -0.25) is 0 Å². The van der Waals surface area contributed by atoms with Crippen molar-refractivity contribution in [2.45, 2.75) is 50.8 Å². The predicted octanol–water partition coefficient (Wildman–Crippen LogP) is 3.13. The van der Waals surface area contributed by atoms with Crippen LogP contribution in [0.25, 0.3) is 0 Å². The first-order valence-corrected chi connectivity index (χ1v) is 11.2. The highest BCUT2D eigenvalue weighted by Crippen LogP contribution is 2.27. The van der Waals surface area contributed by atoms with Gasteiger partial charge in [0.15, 0.2) is 0 Å². The summed E-state index contributed by atoms with van der Waals surface area (Å²) in [4.78, 5) is 4.47. The molecule has 2 aliphatic rings. The number of amidine groups is 1. The summed E-state index contributed by atoms with van der Waals surface area (Å²) in [5, 5.41) is -0.531. The third kappa shape index (κ3) is 4.31. The zero-order valence-corrected chi connectivity index (χ0v) is 17.6. The molecular weight excluding hydrogens is 374 g/mol. The average molecular weight is 404 g/mol. The van der Waals surface area contributed by atoms with Gasteiger partial charge in [-0.25, -0.2) is 13.4 Å². The zero-order valence-electron chi connectivity index (χ0n) is 16.8. The molecular formula is C21H29N3O3S. The van der Waals surface area contributed by atoms with Crippen molar-refractivity contribution in [3.63, 3.8) is 0 Å². The van der Waals surface area contributed by atoms with Crippen LogP contribution in [0.5, 0.6) is 5.75 Å². The average Bonchev–Trinajstić information content (AvgIpc) is 2.68. The van der Waals surface area contributed by atoms with Crippen molar-refractivity contribution < 1.29 is 13.2 Å². The van der Waals surface area contributed by atoms with Gasteiger partial charge in [-0.2, -0.15) is 4.31 Å². The zero-order chi connectivity index (χ0) is 20.3. The number of ether oxygens (including phenoxy) is 1. The number of piperidine rings is 1. The van der Waals surface area contributed by atoms with Crippen LogP contribution >= 0.6 is 0 Å². The summed E-state index contributed by atoms with van der Waals surface area (Å²) in [6, 6.07) is 5.73. The molecule has 1 aliphatic carbocycles. The van der Waals surface area contributed by atoms with Crippen LogP contribution in [0.3, 0.4) is 0 Å². The van der Waals surface area contributed by atoms with Crippen LogP contribution in [0.2, 0.25) is 0 Å². The van der Waals surface area contributed by atoms with E-state index in [-0.39, 0.29) is 6.04 Å². The molecule has 1 aliphatic heterocycles. The molecule has 0 radical (unpaired) electrons. The van der Waals surface area contributed by atoms with Gasteiger partial charge in [0.2, 0.25) is 10.0 Å². The van der Waals surface area contributed by atoms with E-state index in [0.29, 0.717) is 24.5 Å². The van der Waals surface area contributed by atoms with Crippen LogP contribution in [-0.2, 0) is 10.0 Å². The number of nitrogens with zero attached hydrogens (tertiary/aromatic N) is 2. The molecule has 2 unspecified atom stereocenters. The lowest BCUT2D eigenvalue weighted by atomic mass is 10.1. The number of benzene rings is 1. The highest BCUT2D eigenvalue weighted by Gasteiger charge is 2.35. The van der Waals surface area contributed by atoms with Crippen molar-refractivity contribution in [1.82, 2.24) is 4.31 Å². The maximum atomic E-state index is 13.0. The van der Waals surface area contributed by atoms with E-state index in [2.05, 4.69) is 4.99 Å². The lowest BCUT2D eigenvalue weighted by molar-refractivity contribution is 0.267. The summed E-state index contributed by atoms with van der Waals surface area (Å²) in [6.45, 7) is 4.56. The van der Waals surface area contributed by atoms with Gasteiger partial charge in [0.1, 0.15) is 11.6 Å². The minimum atomic E-state index is -3.34. The Morgan fingerprint density at radius 2 is 2.11 bits per heavy atom. The number of aliphatic imine (C=N–C) groups is 1. The van der Waals surface area contributed by atoms with Crippen LogP contribution in [-0.4, -0.2) is 43.5 Å². The van der Waals surface area contributed by atoms with E-state index in [4.69, 9.17) is 10.5 Å². The summed E-state index contributed by atoms with van der Waals surface area (Å²) in [6.07, 6.45) is 8.71. The second-order valence-electron chi connectivity index (χ2n) is 7.44. The van der Waals surface area contributed by atoms with E-state index < -0.39 is 15.3 Å². The monoisotopic (exact) mass is 403 g/mol. The molecule has 0 amide bonds. The Kier molecular flexibility index (Phi) is 6.25. The summed E-state index contributed by atoms with van der Waals surface area (Å²) in [5.41, 5.74) is 8.62. The Morgan fingerprint density at radius 1 is 1.32 bits per heavy atom. The van der Waals surface area contributed by atoms with Crippen LogP contribution in [0, 0.1) is 6.92 Å². The van der Waals surface area contributed by atoms with Gasteiger partial charge in [-0.05, 0) is 62.9 Å². The molecule has 0 saturated carbocycles. The first-order valence-electron chi connectivity index (χ1n) is 9.71. The van der Waals surface area contributed by atoms with Crippen molar-refractivity contribution in [2.24, 2.45) is 10.7 Å². The molecule has 1 aromatic rings. The number of aryl methyl sites for hydroxylation is 1. The first kappa shape index (κ1) is 20.6. The van der Waals surface area contributed by atoms with E-state index in [1.165, 1.54) is 0 Å². The predicted molar refractivity (Wildman–Crippen MR) is 113 cm³/mol. The Hall–Kier alpha value is -2.12. The molecule has 3 rings (SSSR count). The van der Waals surface area contributed by atoms with Gasteiger partial charge >= 0.3 is 0 Å². The molecule has 2 N–H and O–H groups in total. The molecule has 1 aromatic carbocycles. The van der Waals surface area contributed by atoms with Gasteiger partial charge < -0.3 is 10.5 Å². The van der Waals surface area contributed by atoms with E-state index in [1.54, 1.807) is 23.6 Å². The fraction of sp³-hybridized carbons (Fsp3) is 0.476. The van der Waals surface area contributed by atoms with E-state index in [1.807, 2.05) is 38.1 Å². The first-order chi connectivity index (χ1) is 13.3. The number of sulfonamides is 1. The third-order valence-corrected chi connectivity index (χ3v) is 7.74. The molecule has 2 atom stereocenters. The third-order valence-electron chi connectivity index (χ3n) is 5.43. The molecule has 1 saturated heterocycles. The Balaban J connectivity index is 1.72. The van der Waals surface area contributed by atoms with Crippen LogP contribution in [0.15, 0.2) is 47.1 Å². The Labute approximate surface area is 167 Å². The maximum Gasteiger partial charge on any atom is 0.221 e. The molecule has 1 heterocycles. The van der Waals surface area contributed by atoms with E-state index >= 15 is 0 Å². The number of rotatable bonds is 5. The largest absolute Gasteiger partial charge is 0.496 e. The van der Waals surface area contributed by atoms with Crippen molar-refractivity contribution >= 4 is 15.9 Å². The summed E-state index contributed by atoms with van der Waals surface area (Å²) >= 11 is 0. The van der Waals surface area contributed by atoms with Gasteiger partial charge in [0, 0.05) is 18.2 Å². The smallest absolute Gasteiger partial charge is 0.221 e. The topological polar surface area (TPSA) is 85.0 Å². The molecule has 1 fully saturated rings. The minimum absolute atomic E-state index is 0.0736. The number of hydrogen-bond acceptors (Lipinski definition) is 4. The number of hydrogen-bond donors (Lipinski definition) is 1. The van der Waals surface area contributed by atoms with Crippen LogP contribution in [0.1, 0.15) is 43.7 Å². The fourth-order valence-corrected chi connectivity index (χ4v) is 5.71. The van der Waals surface area contributed by atoms with Crippen molar-refractivity contribution in [1.29, 1.82) is 0 Å². The molecule has 0 bridgehead atoms. The summed E-state index contributed by atoms with van der Waals surface area (Å²) in [5.74, 6) is 1.20. The lowest BCUT2D eigenvalue weighted by Gasteiger charge is -2.34. The van der Waals surface area contributed by atoms with E-state index in [0.717, 1.165) is 36.1 Å². The number of nitrogens with two attached hydrogens (primary N) is 1. The second kappa shape index (κ2) is 8.49. The normalized spacial score (nSPS) is 24.1. The fourth-order valence-electron chi connectivity index (χ4n) is 3.76.